The fourth-order valence-corrected chi connectivity index (χ4v) is 6.19. The molecule has 8 nitrogen and oxygen atoms in total. The molecule has 1 amide bonds. The lowest BCUT2D eigenvalue weighted by Crippen LogP contribution is -2.50. The number of carbonyl (C=O) groups excluding carboxylic acids is 1. The van der Waals surface area contributed by atoms with Gasteiger partial charge in [0, 0.05) is 24.5 Å². The number of benzene rings is 2. The van der Waals surface area contributed by atoms with Crippen LogP contribution in [0.5, 0.6) is 5.75 Å². The van der Waals surface area contributed by atoms with Crippen molar-refractivity contribution >= 4 is 16.1 Å². The molecule has 194 valence electrons. The van der Waals surface area contributed by atoms with Gasteiger partial charge in [-0.15, -0.1) is 0 Å². The number of rotatable bonds is 10. The highest BCUT2D eigenvalue weighted by molar-refractivity contribution is 7.87. The summed E-state index contributed by atoms with van der Waals surface area (Å²) in [5.74, 6) is 0.346. The van der Waals surface area contributed by atoms with Crippen LogP contribution in [0, 0.1) is 0 Å². The Morgan fingerprint density at radius 1 is 1.06 bits per heavy atom. The molecule has 1 heterocycles. The molecule has 3 N–H and O–H groups in total. The Bertz CT molecular complexity index is 1150. The third kappa shape index (κ3) is 6.66. The zero-order valence-electron chi connectivity index (χ0n) is 20.6. The molecule has 2 aliphatic rings. The molecule has 36 heavy (non-hydrogen) atoms. The first-order valence-electron chi connectivity index (χ1n) is 12.4. The van der Waals surface area contributed by atoms with Crippen LogP contribution in [0.2, 0.25) is 0 Å². The summed E-state index contributed by atoms with van der Waals surface area (Å²) in [5.41, 5.74) is 1.36. The number of hydrogen-bond donors (Lipinski definition) is 3. The topological polar surface area (TPSA) is 106 Å². The summed E-state index contributed by atoms with van der Waals surface area (Å²) in [6.45, 7) is 0.702. The molecule has 1 aliphatic heterocycles. The molecule has 1 unspecified atom stereocenters. The van der Waals surface area contributed by atoms with Crippen molar-refractivity contribution < 1.29 is 22.7 Å². The Morgan fingerprint density at radius 2 is 1.78 bits per heavy atom. The second-order valence-electron chi connectivity index (χ2n) is 9.48. The fraction of sp³-hybridized carbons (Fsp3) is 0.444. The number of allylic oxidation sites excluding steroid dienone is 1. The quantitative estimate of drug-likeness (QED) is 0.452. The summed E-state index contributed by atoms with van der Waals surface area (Å²) in [5, 5.41) is 3.11. The number of carbonyl (C=O) groups is 1. The van der Waals surface area contributed by atoms with Gasteiger partial charge in [-0.2, -0.15) is 17.9 Å². The molecule has 1 fully saturated rings. The van der Waals surface area contributed by atoms with E-state index in [0.717, 1.165) is 31.2 Å². The van der Waals surface area contributed by atoms with E-state index in [1.807, 2.05) is 36.4 Å². The van der Waals surface area contributed by atoms with Crippen LogP contribution in [0.1, 0.15) is 54.4 Å². The minimum Gasteiger partial charge on any atom is -0.497 e. The molecular formula is C27H35N3O5S. The number of para-hydroxylation sites is 1. The third-order valence-corrected chi connectivity index (χ3v) is 8.30. The predicted octanol–water partition coefficient (Wildman–Crippen LogP) is 3.42. The predicted molar refractivity (Wildman–Crippen MR) is 139 cm³/mol. The van der Waals surface area contributed by atoms with E-state index in [1.54, 1.807) is 25.5 Å². The van der Waals surface area contributed by atoms with Crippen LogP contribution in [0.15, 0.2) is 66.9 Å². The Morgan fingerprint density at radius 3 is 2.47 bits per heavy atom. The van der Waals surface area contributed by atoms with Gasteiger partial charge in [0.05, 0.1) is 18.9 Å². The molecule has 0 radical (unpaired) electrons. The highest BCUT2D eigenvalue weighted by Crippen LogP contribution is 2.39. The SMILES string of the molecule is COc1ccccc1C(=O)NCC1(c2ccccc2)CCC(NS(=O)(=O)NCC2CCC=CO2)CC1. The molecule has 0 saturated heterocycles. The van der Waals surface area contributed by atoms with Crippen LogP contribution in [0.4, 0.5) is 0 Å². The van der Waals surface area contributed by atoms with Crippen molar-refractivity contribution in [1.29, 1.82) is 0 Å². The summed E-state index contributed by atoms with van der Waals surface area (Å²) in [7, 11) is -2.09. The van der Waals surface area contributed by atoms with E-state index in [-0.39, 0.29) is 30.0 Å². The maximum Gasteiger partial charge on any atom is 0.277 e. The molecule has 1 saturated carbocycles. The van der Waals surface area contributed by atoms with Gasteiger partial charge in [0.2, 0.25) is 0 Å². The number of amides is 1. The second-order valence-corrected chi connectivity index (χ2v) is 11.0. The van der Waals surface area contributed by atoms with Crippen LogP contribution in [0.25, 0.3) is 0 Å². The zero-order valence-corrected chi connectivity index (χ0v) is 21.4. The van der Waals surface area contributed by atoms with E-state index in [0.29, 0.717) is 30.7 Å². The van der Waals surface area contributed by atoms with E-state index < -0.39 is 10.2 Å². The molecule has 4 rings (SSSR count). The van der Waals surface area contributed by atoms with E-state index in [2.05, 4.69) is 26.9 Å². The Balaban J connectivity index is 1.38. The first-order chi connectivity index (χ1) is 17.4. The van der Waals surface area contributed by atoms with E-state index in [4.69, 9.17) is 9.47 Å². The number of ether oxygens (including phenoxy) is 2. The van der Waals surface area contributed by atoms with Gasteiger partial charge >= 0.3 is 0 Å². The van der Waals surface area contributed by atoms with Gasteiger partial charge in [-0.1, -0.05) is 42.5 Å². The lowest BCUT2D eigenvalue weighted by molar-refractivity contribution is 0.0932. The summed E-state index contributed by atoms with van der Waals surface area (Å²) in [6, 6.07) is 17.1. The van der Waals surface area contributed by atoms with Crippen LogP contribution in [-0.2, 0) is 20.4 Å². The largest absolute Gasteiger partial charge is 0.497 e. The molecular weight excluding hydrogens is 478 g/mol. The standard InChI is InChI=1S/C27H35N3O5S/c1-34-25-13-6-5-12-24(25)26(31)28-20-27(21-9-3-2-4-10-21)16-14-22(15-17-27)30-36(32,33)29-19-23-11-7-8-18-35-23/h2-6,8-10,12-13,18,22-23,29-30H,7,11,14-17,19-20H2,1H3,(H,28,31). The molecule has 0 spiro atoms. The van der Waals surface area contributed by atoms with Crippen molar-refractivity contribution in [1.82, 2.24) is 14.8 Å². The maximum absolute atomic E-state index is 13.0. The fourth-order valence-electron chi connectivity index (χ4n) is 5.02. The van der Waals surface area contributed by atoms with Gasteiger partial charge in [0.25, 0.3) is 16.1 Å². The summed E-state index contributed by atoms with van der Waals surface area (Å²) >= 11 is 0. The van der Waals surface area contributed by atoms with Gasteiger partial charge in [0.15, 0.2) is 0 Å². The molecule has 0 aromatic heterocycles. The molecule has 1 atom stereocenters. The molecule has 2 aromatic carbocycles. The van der Waals surface area contributed by atoms with Crippen LogP contribution < -0.4 is 19.5 Å². The van der Waals surface area contributed by atoms with Crippen LogP contribution >= 0.6 is 0 Å². The van der Waals surface area contributed by atoms with Crippen molar-refractivity contribution in [2.45, 2.75) is 56.1 Å². The average molecular weight is 514 g/mol. The lowest BCUT2D eigenvalue weighted by atomic mass is 9.68. The normalized spacial score (nSPS) is 24.0. The van der Waals surface area contributed by atoms with Crippen molar-refractivity contribution in [2.75, 3.05) is 20.2 Å². The minimum atomic E-state index is -3.64. The lowest BCUT2D eigenvalue weighted by Gasteiger charge is -2.41. The first-order valence-corrected chi connectivity index (χ1v) is 13.9. The van der Waals surface area contributed by atoms with Crippen molar-refractivity contribution in [3.63, 3.8) is 0 Å². The van der Waals surface area contributed by atoms with Gasteiger partial charge in [-0.05, 0) is 62.3 Å². The zero-order chi connectivity index (χ0) is 25.4. The van der Waals surface area contributed by atoms with Crippen LogP contribution in [-0.4, -0.2) is 46.7 Å². The molecule has 9 heteroatoms. The van der Waals surface area contributed by atoms with Crippen LogP contribution in [0.3, 0.4) is 0 Å². The van der Waals surface area contributed by atoms with Gasteiger partial charge in [0.1, 0.15) is 11.9 Å². The van der Waals surface area contributed by atoms with Gasteiger partial charge in [-0.3, -0.25) is 4.79 Å². The van der Waals surface area contributed by atoms with Crippen molar-refractivity contribution in [3.05, 3.63) is 78.1 Å². The van der Waals surface area contributed by atoms with E-state index in [9.17, 15) is 13.2 Å². The van der Waals surface area contributed by atoms with Crippen molar-refractivity contribution in [3.8, 4) is 5.75 Å². The smallest absolute Gasteiger partial charge is 0.277 e. The summed E-state index contributed by atoms with van der Waals surface area (Å²) in [4.78, 5) is 13.0. The van der Waals surface area contributed by atoms with Crippen molar-refractivity contribution in [2.24, 2.45) is 0 Å². The number of nitrogens with one attached hydrogen (secondary N) is 3. The Kier molecular flexibility index (Phi) is 8.66. The Labute approximate surface area is 213 Å². The number of hydrogen-bond acceptors (Lipinski definition) is 5. The highest BCUT2D eigenvalue weighted by Gasteiger charge is 2.38. The summed E-state index contributed by atoms with van der Waals surface area (Å²) < 4.78 is 41.5. The molecule has 0 bridgehead atoms. The van der Waals surface area contributed by atoms with Gasteiger partial charge < -0.3 is 14.8 Å². The van der Waals surface area contributed by atoms with Gasteiger partial charge in [-0.25, -0.2) is 0 Å². The monoisotopic (exact) mass is 513 g/mol. The molecule has 1 aliphatic carbocycles. The second kappa shape index (κ2) is 11.9. The van der Waals surface area contributed by atoms with E-state index in [1.165, 1.54) is 0 Å². The summed E-state index contributed by atoms with van der Waals surface area (Å²) in [6.07, 6.45) is 7.93. The number of methoxy groups -OCH3 is 1. The van der Waals surface area contributed by atoms with E-state index >= 15 is 0 Å². The maximum atomic E-state index is 13.0. The minimum absolute atomic E-state index is 0.143. The highest BCUT2D eigenvalue weighted by atomic mass is 32.2. The average Bonchev–Trinajstić information content (AvgIpc) is 2.92. The first kappa shape index (κ1) is 26.2. The molecule has 2 aromatic rings. The Hall–Kier alpha value is -2.88. The third-order valence-electron chi connectivity index (χ3n) is 7.11.